The van der Waals surface area contributed by atoms with Crippen LogP contribution in [-0.4, -0.2) is 31.1 Å². The van der Waals surface area contributed by atoms with Gasteiger partial charge in [0.25, 0.3) is 6.36 Å². The third-order valence-corrected chi connectivity index (χ3v) is 3.19. The third-order valence-electron chi connectivity index (χ3n) is 2.52. The molecule has 1 atom stereocenters. The van der Waals surface area contributed by atoms with Crippen molar-refractivity contribution in [2.45, 2.75) is 38.5 Å². The largest absolute Gasteiger partial charge is 0.748 e. The van der Waals surface area contributed by atoms with Crippen molar-refractivity contribution in [3.63, 3.8) is 0 Å². The standard InChI is InChI=1S/C9H15FO5S/c10-8(6-16(12,13)14)15-9(11)7-4-2-1-3-5-7/h7-8H,1-6H2,(H,12,13,14)/p-1. The normalized spacial score (nSPS) is 20.4. The summed E-state index contributed by atoms with van der Waals surface area (Å²) < 4.78 is 47.8. The van der Waals surface area contributed by atoms with Gasteiger partial charge in [-0.25, -0.2) is 12.8 Å². The van der Waals surface area contributed by atoms with Gasteiger partial charge in [-0.3, -0.25) is 4.79 Å². The summed E-state index contributed by atoms with van der Waals surface area (Å²) in [5.41, 5.74) is 0. The van der Waals surface area contributed by atoms with Gasteiger partial charge in [-0.15, -0.1) is 0 Å². The maximum atomic E-state index is 12.9. The Hall–Kier alpha value is -0.690. The van der Waals surface area contributed by atoms with Crippen LogP contribution in [0.4, 0.5) is 4.39 Å². The van der Waals surface area contributed by atoms with Gasteiger partial charge in [-0.1, -0.05) is 19.3 Å². The molecule has 16 heavy (non-hydrogen) atoms. The monoisotopic (exact) mass is 253 g/mol. The molecule has 1 fully saturated rings. The van der Waals surface area contributed by atoms with E-state index in [1.807, 2.05) is 0 Å². The molecule has 7 heteroatoms. The summed E-state index contributed by atoms with van der Waals surface area (Å²) in [7, 11) is -4.70. The predicted molar refractivity (Wildman–Crippen MR) is 52.1 cm³/mol. The molecule has 0 N–H and O–H groups in total. The molecule has 0 spiro atoms. The molecule has 0 saturated heterocycles. The van der Waals surface area contributed by atoms with Crippen LogP contribution in [-0.2, 0) is 19.6 Å². The van der Waals surface area contributed by atoms with E-state index >= 15 is 0 Å². The molecule has 1 aliphatic carbocycles. The summed E-state index contributed by atoms with van der Waals surface area (Å²) >= 11 is 0. The summed E-state index contributed by atoms with van der Waals surface area (Å²) in [6, 6.07) is 0. The van der Waals surface area contributed by atoms with Crippen molar-refractivity contribution < 1.29 is 26.9 Å². The Bertz CT molecular complexity index is 334. The fourth-order valence-corrected chi connectivity index (χ4v) is 2.14. The van der Waals surface area contributed by atoms with Crippen molar-refractivity contribution in [2.24, 2.45) is 5.92 Å². The molecule has 0 aromatic rings. The van der Waals surface area contributed by atoms with E-state index in [-0.39, 0.29) is 5.92 Å². The highest BCUT2D eigenvalue weighted by Gasteiger charge is 2.25. The van der Waals surface area contributed by atoms with E-state index in [0.29, 0.717) is 12.8 Å². The van der Waals surface area contributed by atoms with E-state index in [9.17, 15) is 22.2 Å². The van der Waals surface area contributed by atoms with Gasteiger partial charge >= 0.3 is 5.97 Å². The van der Waals surface area contributed by atoms with Crippen LogP contribution in [0.25, 0.3) is 0 Å². The molecule has 1 saturated carbocycles. The van der Waals surface area contributed by atoms with E-state index in [2.05, 4.69) is 4.74 Å². The number of esters is 1. The Morgan fingerprint density at radius 1 is 1.38 bits per heavy atom. The number of alkyl halides is 1. The first-order valence-corrected chi connectivity index (χ1v) is 6.74. The molecule has 94 valence electrons. The molecule has 1 unspecified atom stereocenters. The number of hydrogen-bond donors (Lipinski definition) is 0. The zero-order chi connectivity index (χ0) is 12.2. The topological polar surface area (TPSA) is 83.5 Å². The van der Waals surface area contributed by atoms with Crippen LogP contribution in [0, 0.1) is 5.92 Å². The van der Waals surface area contributed by atoms with Gasteiger partial charge in [0.2, 0.25) is 0 Å². The SMILES string of the molecule is O=C(OC(F)CS(=O)(=O)[O-])C1CCCCC1. The lowest BCUT2D eigenvalue weighted by Gasteiger charge is -2.21. The van der Waals surface area contributed by atoms with Crippen LogP contribution in [0.15, 0.2) is 0 Å². The van der Waals surface area contributed by atoms with Gasteiger partial charge in [0.05, 0.1) is 5.92 Å². The van der Waals surface area contributed by atoms with Gasteiger partial charge in [-0.2, -0.15) is 0 Å². The van der Waals surface area contributed by atoms with E-state index in [1.54, 1.807) is 0 Å². The molecule has 1 rings (SSSR count). The summed E-state index contributed by atoms with van der Waals surface area (Å²) in [6.45, 7) is 0. The van der Waals surface area contributed by atoms with Crippen molar-refractivity contribution in [1.29, 1.82) is 0 Å². The quantitative estimate of drug-likeness (QED) is 0.550. The van der Waals surface area contributed by atoms with Crippen LogP contribution in [0.1, 0.15) is 32.1 Å². The fourth-order valence-electron chi connectivity index (χ4n) is 1.76. The highest BCUT2D eigenvalue weighted by atomic mass is 32.2. The van der Waals surface area contributed by atoms with E-state index in [0.717, 1.165) is 19.3 Å². The molecule has 0 bridgehead atoms. The molecule has 0 amide bonds. The Kier molecular flexibility index (Phi) is 4.67. The first kappa shape index (κ1) is 13.4. The maximum absolute atomic E-state index is 12.9. The van der Waals surface area contributed by atoms with Crippen LogP contribution in [0.3, 0.4) is 0 Å². The molecule has 0 aromatic carbocycles. The van der Waals surface area contributed by atoms with Crippen LogP contribution in [0.2, 0.25) is 0 Å². The summed E-state index contributed by atoms with van der Waals surface area (Å²) in [6.07, 6.45) is 1.73. The Morgan fingerprint density at radius 2 is 1.94 bits per heavy atom. The Labute approximate surface area is 93.7 Å². The van der Waals surface area contributed by atoms with Gasteiger partial charge in [0.15, 0.2) is 0 Å². The molecular weight excluding hydrogens is 239 g/mol. The van der Waals surface area contributed by atoms with Crippen molar-refractivity contribution in [1.82, 2.24) is 0 Å². The zero-order valence-corrected chi connectivity index (χ0v) is 9.54. The lowest BCUT2D eigenvalue weighted by molar-refractivity contribution is -0.161. The van der Waals surface area contributed by atoms with E-state index < -0.39 is 28.2 Å². The highest BCUT2D eigenvalue weighted by molar-refractivity contribution is 7.85. The predicted octanol–water partition coefficient (Wildman–Crippen LogP) is 0.951. The smallest absolute Gasteiger partial charge is 0.311 e. The average Bonchev–Trinajstić information content (AvgIpc) is 2.16. The van der Waals surface area contributed by atoms with Crippen LogP contribution < -0.4 is 0 Å². The summed E-state index contributed by atoms with van der Waals surface area (Å²) in [4.78, 5) is 11.3. The minimum atomic E-state index is -4.70. The second-order valence-electron chi connectivity index (χ2n) is 3.91. The lowest BCUT2D eigenvalue weighted by Crippen LogP contribution is -2.27. The van der Waals surface area contributed by atoms with E-state index in [1.165, 1.54) is 0 Å². The first-order chi connectivity index (χ1) is 7.38. The van der Waals surface area contributed by atoms with Crippen molar-refractivity contribution in [2.75, 3.05) is 5.75 Å². The fraction of sp³-hybridized carbons (Fsp3) is 0.889. The second-order valence-corrected chi connectivity index (χ2v) is 5.35. The number of ether oxygens (including phenoxy) is 1. The third kappa shape index (κ3) is 4.89. The minimum absolute atomic E-state index is 0.360. The number of carbonyl (C=O) groups is 1. The lowest BCUT2D eigenvalue weighted by atomic mass is 9.89. The van der Waals surface area contributed by atoms with Gasteiger partial charge < -0.3 is 9.29 Å². The molecule has 0 aromatic heterocycles. The molecule has 0 heterocycles. The summed E-state index contributed by atoms with van der Waals surface area (Å²) in [5, 5.41) is 0. The first-order valence-electron chi connectivity index (χ1n) is 5.16. The molecule has 0 aliphatic heterocycles. The van der Waals surface area contributed by atoms with Crippen molar-refractivity contribution >= 4 is 16.1 Å². The highest BCUT2D eigenvalue weighted by Crippen LogP contribution is 2.25. The number of halogens is 1. The second kappa shape index (κ2) is 5.58. The van der Waals surface area contributed by atoms with Crippen LogP contribution in [0.5, 0.6) is 0 Å². The zero-order valence-electron chi connectivity index (χ0n) is 8.72. The maximum Gasteiger partial charge on any atom is 0.311 e. The van der Waals surface area contributed by atoms with E-state index in [4.69, 9.17) is 0 Å². The number of rotatable bonds is 4. The van der Waals surface area contributed by atoms with Gasteiger partial charge in [0.1, 0.15) is 15.9 Å². The molecular formula is C9H14FO5S-. The average molecular weight is 253 g/mol. The summed E-state index contributed by atoms with van der Waals surface area (Å²) in [5.74, 6) is -2.41. The molecule has 1 aliphatic rings. The molecule has 0 radical (unpaired) electrons. The Morgan fingerprint density at radius 3 is 2.44 bits per heavy atom. The van der Waals surface area contributed by atoms with Crippen LogP contribution >= 0.6 is 0 Å². The van der Waals surface area contributed by atoms with Crippen molar-refractivity contribution in [3.8, 4) is 0 Å². The van der Waals surface area contributed by atoms with Gasteiger partial charge in [0, 0.05) is 0 Å². The Balaban J connectivity index is 2.38. The number of hydrogen-bond acceptors (Lipinski definition) is 5. The van der Waals surface area contributed by atoms with Crippen molar-refractivity contribution in [3.05, 3.63) is 0 Å². The minimum Gasteiger partial charge on any atom is -0.748 e. The van der Waals surface area contributed by atoms with Gasteiger partial charge in [-0.05, 0) is 12.8 Å². The number of carbonyl (C=O) groups excluding carboxylic acids is 1. The molecule has 5 nitrogen and oxygen atoms in total.